The lowest BCUT2D eigenvalue weighted by Crippen LogP contribution is -2.37. The number of hydrogen-bond donors (Lipinski definition) is 3. The average molecular weight is 558 g/mol. The second-order valence-electron chi connectivity index (χ2n) is 7.11. The van der Waals surface area contributed by atoms with Crippen LogP contribution in [0.4, 0.5) is 8.78 Å². The van der Waals surface area contributed by atoms with Gasteiger partial charge in [-0.05, 0) is 30.5 Å². The standard InChI is InChI=1S/C22H24F2N4O3.HI/c1-13-4-3-5-16-14(10-27-20(13)16)6-7-26-22(25-2)28-11-15-8-18-19(30-12-29-18)9-17(15)31-21(23)24;/h3-5,8-10,21,27H,6-7,11-12H2,1-2H3,(H2,25,26,28);1H. The number of aryl methyl sites for hydroxylation is 1. The van der Waals surface area contributed by atoms with Crippen molar-refractivity contribution < 1.29 is 23.0 Å². The Morgan fingerprint density at radius 1 is 1.19 bits per heavy atom. The molecule has 0 fully saturated rings. The highest BCUT2D eigenvalue weighted by Gasteiger charge is 2.20. The summed E-state index contributed by atoms with van der Waals surface area (Å²) in [5.74, 6) is 1.47. The number of H-pyrrole nitrogens is 1. The maximum absolute atomic E-state index is 12.8. The number of alkyl halides is 2. The molecule has 0 saturated carbocycles. The zero-order chi connectivity index (χ0) is 21.8. The van der Waals surface area contributed by atoms with Gasteiger partial charge in [0.2, 0.25) is 6.79 Å². The van der Waals surface area contributed by atoms with Crippen LogP contribution in [0, 0.1) is 6.92 Å². The van der Waals surface area contributed by atoms with Gasteiger partial charge in [-0.1, -0.05) is 18.2 Å². The normalized spacial score (nSPS) is 12.7. The first-order valence-electron chi connectivity index (χ1n) is 9.92. The summed E-state index contributed by atoms with van der Waals surface area (Å²) in [6.45, 7) is 0.0784. The lowest BCUT2D eigenvalue weighted by atomic mass is 10.1. The molecule has 10 heteroatoms. The summed E-state index contributed by atoms with van der Waals surface area (Å²) in [5.41, 5.74) is 4.08. The first kappa shape index (κ1) is 23.9. The van der Waals surface area contributed by atoms with Crippen molar-refractivity contribution in [2.24, 2.45) is 4.99 Å². The second kappa shape index (κ2) is 10.7. The van der Waals surface area contributed by atoms with Gasteiger partial charge in [0.25, 0.3) is 0 Å². The topological polar surface area (TPSA) is 79.9 Å². The third kappa shape index (κ3) is 5.34. The van der Waals surface area contributed by atoms with E-state index >= 15 is 0 Å². The van der Waals surface area contributed by atoms with E-state index in [0.29, 0.717) is 29.6 Å². The third-order valence-corrected chi connectivity index (χ3v) is 5.14. The van der Waals surface area contributed by atoms with Gasteiger partial charge in [0.05, 0.1) is 0 Å². The molecule has 0 radical (unpaired) electrons. The van der Waals surface area contributed by atoms with Crippen molar-refractivity contribution in [2.75, 3.05) is 20.4 Å². The molecule has 1 aliphatic heterocycles. The Morgan fingerprint density at radius 3 is 2.72 bits per heavy atom. The summed E-state index contributed by atoms with van der Waals surface area (Å²) >= 11 is 0. The Kier molecular flexibility index (Phi) is 7.99. The predicted molar refractivity (Wildman–Crippen MR) is 130 cm³/mol. The number of guanidine groups is 1. The molecule has 0 saturated heterocycles. The minimum atomic E-state index is -2.93. The molecule has 3 aromatic rings. The first-order chi connectivity index (χ1) is 15.0. The van der Waals surface area contributed by atoms with Crippen LogP contribution in [0.15, 0.2) is 41.5 Å². The van der Waals surface area contributed by atoms with Crippen LogP contribution >= 0.6 is 24.0 Å². The van der Waals surface area contributed by atoms with E-state index in [0.717, 1.165) is 11.9 Å². The summed E-state index contributed by atoms with van der Waals surface area (Å²) < 4.78 is 40.8. The summed E-state index contributed by atoms with van der Waals surface area (Å²) in [4.78, 5) is 7.53. The van der Waals surface area contributed by atoms with Crippen LogP contribution in [0.2, 0.25) is 0 Å². The van der Waals surface area contributed by atoms with E-state index in [-0.39, 0.29) is 43.1 Å². The van der Waals surface area contributed by atoms with Gasteiger partial charge < -0.3 is 29.8 Å². The molecule has 0 bridgehead atoms. The quantitative estimate of drug-likeness (QED) is 0.229. The molecule has 4 rings (SSSR count). The SMILES string of the molecule is CN=C(NCCc1c[nH]c2c(C)cccc12)NCc1cc2c(cc1OC(F)F)OCO2.I. The smallest absolute Gasteiger partial charge is 0.387 e. The van der Waals surface area contributed by atoms with Crippen LogP contribution in [0.25, 0.3) is 10.9 Å². The zero-order valence-electron chi connectivity index (χ0n) is 17.7. The lowest BCUT2D eigenvalue weighted by molar-refractivity contribution is -0.0505. The molecular weight excluding hydrogens is 533 g/mol. The number of nitrogens with zero attached hydrogens (tertiary/aromatic N) is 1. The first-order valence-corrected chi connectivity index (χ1v) is 9.92. The molecule has 2 aromatic carbocycles. The predicted octanol–water partition coefficient (Wildman–Crippen LogP) is 4.33. The van der Waals surface area contributed by atoms with Gasteiger partial charge in [-0.2, -0.15) is 8.78 Å². The van der Waals surface area contributed by atoms with Crippen molar-refractivity contribution in [3.05, 3.63) is 53.2 Å². The second-order valence-corrected chi connectivity index (χ2v) is 7.11. The van der Waals surface area contributed by atoms with Crippen LogP contribution < -0.4 is 24.8 Å². The van der Waals surface area contributed by atoms with Crippen molar-refractivity contribution in [3.8, 4) is 17.2 Å². The van der Waals surface area contributed by atoms with Crippen molar-refractivity contribution >= 4 is 40.8 Å². The number of aromatic nitrogens is 1. The van der Waals surface area contributed by atoms with E-state index in [1.165, 1.54) is 22.6 Å². The monoisotopic (exact) mass is 558 g/mol. The molecule has 1 aromatic heterocycles. The Labute approximate surface area is 201 Å². The Hall–Kier alpha value is -2.76. The molecule has 2 heterocycles. The fraction of sp³-hybridized carbons (Fsp3) is 0.318. The Balaban J connectivity index is 0.00000289. The number of aliphatic imine (C=N–C) groups is 1. The van der Waals surface area contributed by atoms with Crippen LogP contribution in [-0.4, -0.2) is 37.9 Å². The highest BCUT2D eigenvalue weighted by Crippen LogP contribution is 2.38. The number of fused-ring (bicyclic) bond motifs is 2. The molecule has 3 N–H and O–H groups in total. The molecule has 7 nitrogen and oxygen atoms in total. The number of halogens is 3. The number of nitrogens with one attached hydrogen (secondary N) is 3. The van der Waals surface area contributed by atoms with Crippen LogP contribution in [0.1, 0.15) is 16.7 Å². The number of ether oxygens (including phenoxy) is 3. The maximum atomic E-state index is 12.8. The van der Waals surface area contributed by atoms with Crippen LogP contribution in [0.5, 0.6) is 17.2 Å². The van der Waals surface area contributed by atoms with Crippen LogP contribution in [-0.2, 0) is 13.0 Å². The molecule has 0 amide bonds. The van der Waals surface area contributed by atoms with Gasteiger partial charge in [0.1, 0.15) is 5.75 Å². The van der Waals surface area contributed by atoms with E-state index in [2.05, 4.69) is 44.4 Å². The fourth-order valence-electron chi connectivity index (χ4n) is 3.60. The minimum Gasteiger partial charge on any atom is -0.454 e. The van der Waals surface area contributed by atoms with E-state index in [9.17, 15) is 8.78 Å². The molecule has 1 aliphatic rings. The molecule has 0 aliphatic carbocycles. The van der Waals surface area contributed by atoms with Gasteiger partial charge in [0, 0.05) is 48.9 Å². The Bertz CT molecular complexity index is 1100. The van der Waals surface area contributed by atoms with Gasteiger partial charge in [-0.3, -0.25) is 4.99 Å². The Morgan fingerprint density at radius 2 is 1.97 bits per heavy atom. The van der Waals surface area contributed by atoms with Crippen molar-refractivity contribution in [1.29, 1.82) is 0 Å². The molecule has 0 spiro atoms. The fourth-order valence-corrected chi connectivity index (χ4v) is 3.60. The van der Waals surface area contributed by atoms with Gasteiger partial charge >= 0.3 is 6.61 Å². The lowest BCUT2D eigenvalue weighted by Gasteiger charge is -2.15. The molecular formula is C22H25F2IN4O3. The highest BCUT2D eigenvalue weighted by atomic mass is 127. The van der Waals surface area contributed by atoms with Gasteiger partial charge in [-0.25, -0.2) is 0 Å². The van der Waals surface area contributed by atoms with Gasteiger partial charge in [0.15, 0.2) is 17.5 Å². The third-order valence-electron chi connectivity index (χ3n) is 5.14. The van der Waals surface area contributed by atoms with E-state index in [1.54, 1.807) is 13.1 Å². The summed E-state index contributed by atoms with van der Waals surface area (Å²) in [7, 11) is 1.65. The van der Waals surface area contributed by atoms with Crippen molar-refractivity contribution in [2.45, 2.75) is 26.5 Å². The number of rotatable bonds is 7. The van der Waals surface area contributed by atoms with Crippen molar-refractivity contribution in [3.63, 3.8) is 0 Å². The van der Waals surface area contributed by atoms with E-state index in [1.807, 2.05) is 12.3 Å². The van der Waals surface area contributed by atoms with Crippen LogP contribution in [0.3, 0.4) is 0 Å². The largest absolute Gasteiger partial charge is 0.454 e. The maximum Gasteiger partial charge on any atom is 0.387 e. The summed E-state index contributed by atoms with van der Waals surface area (Å²) in [5, 5.41) is 7.58. The average Bonchev–Trinajstić information content (AvgIpc) is 3.37. The summed E-state index contributed by atoms with van der Waals surface area (Å²) in [6, 6.07) is 9.28. The number of aromatic amines is 1. The molecule has 172 valence electrons. The van der Waals surface area contributed by atoms with E-state index < -0.39 is 6.61 Å². The van der Waals surface area contributed by atoms with Crippen molar-refractivity contribution in [1.82, 2.24) is 15.6 Å². The van der Waals surface area contributed by atoms with Gasteiger partial charge in [-0.15, -0.1) is 24.0 Å². The minimum absolute atomic E-state index is 0. The zero-order valence-corrected chi connectivity index (χ0v) is 20.0. The molecule has 0 atom stereocenters. The number of hydrogen-bond acceptors (Lipinski definition) is 4. The molecule has 0 unspecified atom stereocenters. The van der Waals surface area contributed by atoms with E-state index in [4.69, 9.17) is 9.47 Å². The highest BCUT2D eigenvalue weighted by molar-refractivity contribution is 14.0. The number of para-hydroxylation sites is 1. The summed E-state index contributed by atoms with van der Waals surface area (Å²) in [6.07, 6.45) is 2.82. The molecule has 32 heavy (non-hydrogen) atoms. The number of benzene rings is 2.